The predicted molar refractivity (Wildman–Crippen MR) is 65.5 cm³/mol. The number of aromatic nitrogens is 2. The summed E-state index contributed by atoms with van der Waals surface area (Å²) < 4.78 is 7.02. The Morgan fingerprint density at radius 3 is 2.82 bits per heavy atom. The van der Waals surface area contributed by atoms with E-state index in [4.69, 9.17) is 4.74 Å². The molecule has 0 aliphatic carbocycles. The predicted octanol–water partition coefficient (Wildman–Crippen LogP) is 1.29. The van der Waals surface area contributed by atoms with Gasteiger partial charge in [-0.25, -0.2) is 4.98 Å². The number of esters is 1. The van der Waals surface area contributed by atoms with Crippen LogP contribution in [0.2, 0.25) is 0 Å². The van der Waals surface area contributed by atoms with Crippen LogP contribution in [0.4, 0.5) is 0 Å². The Bertz CT molecular complexity index is 349. The topological polar surface area (TPSA) is 47.4 Å². The van der Waals surface area contributed by atoms with Crippen LogP contribution in [0.25, 0.3) is 0 Å². The third kappa shape index (κ3) is 4.19. The van der Waals surface area contributed by atoms with E-state index >= 15 is 0 Å². The molecule has 1 aromatic rings. The van der Waals surface area contributed by atoms with Crippen molar-refractivity contribution in [3.05, 3.63) is 18.2 Å². The number of hydrogen-bond donors (Lipinski definition) is 0. The number of imidazole rings is 1. The Morgan fingerprint density at radius 2 is 2.24 bits per heavy atom. The van der Waals surface area contributed by atoms with Gasteiger partial charge >= 0.3 is 5.97 Å². The highest BCUT2D eigenvalue weighted by atomic mass is 16.5. The molecule has 0 aliphatic rings. The van der Waals surface area contributed by atoms with E-state index in [-0.39, 0.29) is 5.97 Å². The fraction of sp³-hybridized carbons (Fsp3) is 0.667. The van der Waals surface area contributed by atoms with Gasteiger partial charge in [0.05, 0.1) is 19.7 Å². The van der Waals surface area contributed by atoms with Crippen LogP contribution in [-0.4, -0.2) is 40.1 Å². The molecular formula is C12H21N3O2. The van der Waals surface area contributed by atoms with E-state index in [1.807, 2.05) is 24.9 Å². The Labute approximate surface area is 102 Å². The molecule has 5 nitrogen and oxygen atoms in total. The van der Waals surface area contributed by atoms with E-state index in [1.54, 1.807) is 6.20 Å². The molecule has 0 aliphatic heterocycles. The number of aryl methyl sites for hydroxylation is 1. The molecule has 0 aromatic carbocycles. The first kappa shape index (κ1) is 13.7. The highest BCUT2D eigenvalue weighted by Gasteiger charge is 2.12. The van der Waals surface area contributed by atoms with Crippen molar-refractivity contribution in [2.24, 2.45) is 0 Å². The first-order valence-corrected chi connectivity index (χ1v) is 6.09. The zero-order chi connectivity index (χ0) is 12.7. The minimum absolute atomic E-state index is 0.177. The zero-order valence-corrected chi connectivity index (χ0v) is 10.8. The SMILES string of the molecule is CCOC(=O)CN(CC)Cc1nccn1CC. The number of rotatable bonds is 7. The molecule has 1 rings (SSSR count). The van der Waals surface area contributed by atoms with Crippen LogP contribution in [0.15, 0.2) is 12.4 Å². The van der Waals surface area contributed by atoms with Gasteiger partial charge in [0.15, 0.2) is 0 Å². The molecule has 1 heterocycles. The van der Waals surface area contributed by atoms with Crippen LogP contribution in [0, 0.1) is 0 Å². The molecule has 1 aromatic heterocycles. The molecule has 17 heavy (non-hydrogen) atoms. The third-order valence-corrected chi connectivity index (χ3v) is 2.61. The normalized spacial score (nSPS) is 10.8. The Kier molecular flexibility index (Phi) is 5.69. The minimum Gasteiger partial charge on any atom is -0.465 e. The van der Waals surface area contributed by atoms with E-state index in [2.05, 4.69) is 16.5 Å². The Morgan fingerprint density at radius 1 is 1.47 bits per heavy atom. The van der Waals surface area contributed by atoms with Crippen LogP contribution >= 0.6 is 0 Å². The summed E-state index contributed by atoms with van der Waals surface area (Å²) in [6.45, 7) is 9.04. The van der Waals surface area contributed by atoms with Crippen molar-refractivity contribution in [1.82, 2.24) is 14.5 Å². The van der Waals surface area contributed by atoms with E-state index in [9.17, 15) is 4.79 Å². The van der Waals surface area contributed by atoms with E-state index in [0.717, 1.165) is 18.9 Å². The molecule has 5 heteroatoms. The van der Waals surface area contributed by atoms with Crippen molar-refractivity contribution in [3.63, 3.8) is 0 Å². The van der Waals surface area contributed by atoms with Crippen molar-refractivity contribution in [2.45, 2.75) is 33.9 Å². The van der Waals surface area contributed by atoms with Gasteiger partial charge < -0.3 is 9.30 Å². The fourth-order valence-corrected chi connectivity index (χ4v) is 1.65. The van der Waals surface area contributed by atoms with Gasteiger partial charge in [-0.05, 0) is 20.4 Å². The van der Waals surface area contributed by atoms with E-state index in [1.165, 1.54) is 0 Å². The summed E-state index contributed by atoms with van der Waals surface area (Å²) in [5, 5.41) is 0. The third-order valence-electron chi connectivity index (χ3n) is 2.61. The van der Waals surface area contributed by atoms with Crippen LogP contribution in [-0.2, 0) is 22.6 Å². The maximum atomic E-state index is 11.4. The smallest absolute Gasteiger partial charge is 0.320 e. The lowest BCUT2D eigenvalue weighted by atomic mass is 10.4. The number of carbonyl (C=O) groups excluding carboxylic acids is 1. The van der Waals surface area contributed by atoms with Gasteiger partial charge in [-0.1, -0.05) is 6.92 Å². The van der Waals surface area contributed by atoms with Gasteiger partial charge in [-0.2, -0.15) is 0 Å². The largest absolute Gasteiger partial charge is 0.465 e. The van der Waals surface area contributed by atoms with Crippen LogP contribution < -0.4 is 0 Å². The molecule has 0 saturated heterocycles. The van der Waals surface area contributed by atoms with Gasteiger partial charge in [-0.3, -0.25) is 9.69 Å². The first-order chi connectivity index (χ1) is 8.21. The lowest BCUT2D eigenvalue weighted by molar-refractivity contribution is -0.144. The molecule has 0 bridgehead atoms. The van der Waals surface area contributed by atoms with Crippen molar-refractivity contribution in [3.8, 4) is 0 Å². The maximum Gasteiger partial charge on any atom is 0.320 e. The second-order valence-electron chi connectivity index (χ2n) is 3.74. The van der Waals surface area contributed by atoms with E-state index < -0.39 is 0 Å². The number of nitrogens with zero attached hydrogens (tertiary/aromatic N) is 3. The first-order valence-electron chi connectivity index (χ1n) is 6.09. The summed E-state index contributed by atoms with van der Waals surface area (Å²) >= 11 is 0. The molecule has 0 radical (unpaired) electrons. The highest BCUT2D eigenvalue weighted by Crippen LogP contribution is 2.03. The molecular weight excluding hydrogens is 218 g/mol. The van der Waals surface area contributed by atoms with Crippen molar-refractivity contribution < 1.29 is 9.53 Å². The summed E-state index contributed by atoms with van der Waals surface area (Å²) in [7, 11) is 0. The molecule has 0 fully saturated rings. The van der Waals surface area contributed by atoms with Gasteiger partial charge in [0.25, 0.3) is 0 Å². The Hall–Kier alpha value is -1.36. The Balaban J connectivity index is 2.54. The number of carbonyl (C=O) groups is 1. The average Bonchev–Trinajstić information content (AvgIpc) is 2.75. The lowest BCUT2D eigenvalue weighted by Crippen LogP contribution is -2.31. The average molecular weight is 239 g/mol. The summed E-state index contributed by atoms with van der Waals surface area (Å²) in [6.07, 6.45) is 3.74. The standard InChI is InChI=1S/C12H21N3O2/c1-4-14(10-12(16)17-6-3)9-11-13-7-8-15(11)5-2/h7-8H,4-6,9-10H2,1-3H3. The second-order valence-corrected chi connectivity index (χ2v) is 3.74. The lowest BCUT2D eigenvalue weighted by Gasteiger charge is -2.19. The van der Waals surface area contributed by atoms with Crippen LogP contribution in [0.5, 0.6) is 0 Å². The fourth-order valence-electron chi connectivity index (χ4n) is 1.65. The van der Waals surface area contributed by atoms with Crippen LogP contribution in [0.3, 0.4) is 0 Å². The van der Waals surface area contributed by atoms with Gasteiger partial charge in [-0.15, -0.1) is 0 Å². The molecule has 0 saturated carbocycles. The minimum atomic E-state index is -0.177. The summed E-state index contributed by atoms with van der Waals surface area (Å²) in [5.41, 5.74) is 0. The molecule has 0 spiro atoms. The maximum absolute atomic E-state index is 11.4. The molecule has 96 valence electrons. The monoisotopic (exact) mass is 239 g/mol. The molecule has 0 amide bonds. The van der Waals surface area contributed by atoms with Crippen LogP contribution in [0.1, 0.15) is 26.6 Å². The second kappa shape index (κ2) is 7.06. The quantitative estimate of drug-likeness (QED) is 0.673. The number of likely N-dealkylation sites (N-methyl/N-ethyl adjacent to an activating group) is 1. The van der Waals surface area contributed by atoms with Crippen molar-refractivity contribution in [1.29, 1.82) is 0 Å². The number of hydrogen-bond acceptors (Lipinski definition) is 4. The van der Waals surface area contributed by atoms with E-state index in [0.29, 0.717) is 19.7 Å². The summed E-state index contributed by atoms with van der Waals surface area (Å²) in [4.78, 5) is 17.7. The molecule has 0 unspecified atom stereocenters. The van der Waals surface area contributed by atoms with Gasteiger partial charge in [0.1, 0.15) is 5.82 Å². The van der Waals surface area contributed by atoms with Crippen molar-refractivity contribution >= 4 is 5.97 Å². The number of ether oxygens (including phenoxy) is 1. The molecule has 0 N–H and O–H groups in total. The van der Waals surface area contributed by atoms with Gasteiger partial charge in [0.2, 0.25) is 0 Å². The van der Waals surface area contributed by atoms with Crippen molar-refractivity contribution in [2.75, 3.05) is 19.7 Å². The molecule has 0 atom stereocenters. The highest BCUT2D eigenvalue weighted by molar-refractivity contribution is 5.71. The summed E-state index contributed by atoms with van der Waals surface area (Å²) in [5.74, 6) is 0.808. The summed E-state index contributed by atoms with van der Waals surface area (Å²) in [6, 6.07) is 0. The zero-order valence-electron chi connectivity index (χ0n) is 10.8. The van der Waals surface area contributed by atoms with Gasteiger partial charge in [0, 0.05) is 18.9 Å².